The summed E-state index contributed by atoms with van der Waals surface area (Å²) in [6.07, 6.45) is 1.11. The molecule has 2 aromatic carbocycles. The highest BCUT2D eigenvalue weighted by atomic mass is 79.9. The van der Waals surface area contributed by atoms with E-state index in [-0.39, 0.29) is 12.1 Å². The lowest BCUT2D eigenvalue weighted by Gasteiger charge is -2.23. The molecule has 0 spiro atoms. The van der Waals surface area contributed by atoms with Gasteiger partial charge in [0.15, 0.2) is 5.78 Å². The molecular weight excluding hydrogens is 486 g/mol. The molecule has 1 unspecified atom stereocenters. The van der Waals surface area contributed by atoms with Gasteiger partial charge in [0.25, 0.3) is 5.91 Å². The number of imide groups is 1. The fourth-order valence-corrected chi connectivity index (χ4v) is 5.20. The minimum atomic E-state index is -3.44. The summed E-state index contributed by atoms with van der Waals surface area (Å²) in [5.41, 5.74) is -0.00663. The van der Waals surface area contributed by atoms with Gasteiger partial charge in [0.2, 0.25) is 10.0 Å². The number of rotatable bonds is 7. The van der Waals surface area contributed by atoms with Gasteiger partial charge >= 0.3 is 6.03 Å². The van der Waals surface area contributed by atoms with Gasteiger partial charge in [-0.05, 0) is 44.2 Å². The first kappa shape index (κ1) is 23.0. The number of hydrogen-bond donors (Lipinski definition) is 1. The van der Waals surface area contributed by atoms with Crippen molar-refractivity contribution in [3.8, 4) is 0 Å². The van der Waals surface area contributed by atoms with E-state index in [9.17, 15) is 22.8 Å². The van der Waals surface area contributed by atoms with Crippen molar-refractivity contribution in [3.05, 3.63) is 64.1 Å². The number of amides is 3. The van der Waals surface area contributed by atoms with Crippen LogP contribution in [0.25, 0.3) is 0 Å². The van der Waals surface area contributed by atoms with Crippen molar-refractivity contribution in [2.24, 2.45) is 0 Å². The number of anilines is 1. The van der Waals surface area contributed by atoms with Crippen LogP contribution in [0.4, 0.5) is 10.5 Å². The van der Waals surface area contributed by atoms with Crippen molar-refractivity contribution in [2.45, 2.75) is 19.4 Å². The predicted molar refractivity (Wildman–Crippen MR) is 120 cm³/mol. The molecule has 0 bridgehead atoms. The lowest BCUT2D eigenvalue weighted by molar-refractivity contribution is -0.130. The van der Waals surface area contributed by atoms with Gasteiger partial charge in [-0.25, -0.2) is 13.2 Å². The Morgan fingerprint density at radius 3 is 2.29 bits per heavy atom. The average Bonchev–Trinajstić information content (AvgIpc) is 2.92. The normalized spacial score (nSPS) is 18.8. The molecule has 1 aliphatic heterocycles. The van der Waals surface area contributed by atoms with Crippen molar-refractivity contribution >= 4 is 49.4 Å². The van der Waals surface area contributed by atoms with Crippen molar-refractivity contribution < 1.29 is 22.8 Å². The minimum absolute atomic E-state index is 0.252. The second-order valence-electron chi connectivity index (χ2n) is 7.32. The fourth-order valence-electron chi connectivity index (χ4n) is 3.55. The lowest BCUT2D eigenvalue weighted by atomic mass is 9.92. The van der Waals surface area contributed by atoms with E-state index in [1.54, 1.807) is 38.1 Å². The maximum Gasteiger partial charge on any atom is 0.325 e. The Bertz CT molecular complexity index is 1150. The standard InChI is InChI=1S/C21H22BrN3O5S/c1-4-25(31(3,29)30)15-11-9-14(10-12-15)18(26)13-24-19(27)21(2,23-20(24)28)16-7-5-6-8-17(16)22/h5-12H,4,13H2,1-3H3,(H,23,28). The number of carbonyl (C=O) groups excluding carboxylic acids is 3. The maximum atomic E-state index is 13.0. The Morgan fingerprint density at radius 1 is 1.13 bits per heavy atom. The summed E-state index contributed by atoms with van der Waals surface area (Å²) in [5.74, 6) is -0.961. The Kier molecular flexibility index (Phi) is 6.24. The second kappa shape index (κ2) is 8.43. The smallest absolute Gasteiger partial charge is 0.319 e. The molecule has 1 heterocycles. The lowest BCUT2D eigenvalue weighted by Crippen LogP contribution is -2.41. The van der Waals surface area contributed by atoms with Gasteiger partial charge in [-0.1, -0.05) is 34.1 Å². The number of carbonyl (C=O) groups is 3. The van der Waals surface area contributed by atoms with Crippen LogP contribution in [0.5, 0.6) is 0 Å². The van der Waals surface area contributed by atoms with E-state index in [0.717, 1.165) is 11.2 Å². The van der Waals surface area contributed by atoms with Crippen LogP contribution in [0.2, 0.25) is 0 Å². The fraction of sp³-hybridized carbons (Fsp3) is 0.286. The highest BCUT2D eigenvalue weighted by molar-refractivity contribution is 9.10. The maximum absolute atomic E-state index is 13.0. The third-order valence-electron chi connectivity index (χ3n) is 5.15. The molecule has 10 heteroatoms. The third kappa shape index (κ3) is 4.35. The minimum Gasteiger partial charge on any atom is -0.319 e. The van der Waals surface area contributed by atoms with Crippen LogP contribution in [0.15, 0.2) is 53.0 Å². The van der Waals surface area contributed by atoms with E-state index >= 15 is 0 Å². The monoisotopic (exact) mass is 507 g/mol. The van der Waals surface area contributed by atoms with Gasteiger partial charge in [-0.15, -0.1) is 0 Å². The molecule has 0 aliphatic carbocycles. The molecule has 3 amide bonds. The molecule has 1 aliphatic rings. The predicted octanol–water partition coefficient (Wildman–Crippen LogP) is 2.88. The van der Waals surface area contributed by atoms with E-state index in [4.69, 9.17) is 0 Å². The Labute approximate surface area is 189 Å². The van der Waals surface area contributed by atoms with Crippen LogP contribution in [0.1, 0.15) is 29.8 Å². The molecule has 1 fully saturated rings. The summed E-state index contributed by atoms with van der Waals surface area (Å²) >= 11 is 3.40. The number of nitrogens with zero attached hydrogens (tertiary/aromatic N) is 2. The number of benzene rings is 2. The number of Topliss-reactive ketones (excluding diaryl/α,β-unsaturated/α-hetero) is 1. The highest BCUT2D eigenvalue weighted by Crippen LogP contribution is 2.33. The zero-order valence-electron chi connectivity index (χ0n) is 17.3. The number of sulfonamides is 1. The molecule has 3 rings (SSSR count). The largest absolute Gasteiger partial charge is 0.325 e. The van der Waals surface area contributed by atoms with E-state index in [0.29, 0.717) is 15.7 Å². The third-order valence-corrected chi connectivity index (χ3v) is 7.12. The van der Waals surface area contributed by atoms with Crippen LogP contribution >= 0.6 is 15.9 Å². The van der Waals surface area contributed by atoms with Crippen LogP contribution in [0.3, 0.4) is 0 Å². The van der Waals surface area contributed by atoms with Gasteiger partial charge in [0.05, 0.1) is 18.5 Å². The zero-order valence-corrected chi connectivity index (χ0v) is 19.7. The highest BCUT2D eigenvalue weighted by Gasteiger charge is 2.50. The summed E-state index contributed by atoms with van der Waals surface area (Å²) in [6, 6.07) is 12.4. The Hall–Kier alpha value is -2.72. The summed E-state index contributed by atoms with van der Waals surface area (Å²) in [7, 11) is -3.44. The number of nitrogens with one attached hydrogen (secondary N) is 1. The molecule has 0 saturated carbocycles. The summed E-state index contributed by atoms with van der Waals surface area (Å²) in [4.78, 5) is 39.2. The average molecular weight is 508 g/mol. The van der Waals surface area contributed by atoms with Crippen LogP contribution in [0, 0.1) is 0 Å². The van der Waals surface area contributed by atoms with Crippen molar-refractivity contribution in [1.82, 2.24) is 10.2 Å². The molecule has 1 N–H and O–H groups in total. The molecule has 0 aromatic heterocycles. The van der Waals surface area contributed by atoms with Gasteiger partial charge in [0.1, 0.15) is 5.54 Å². The SMILES string of the molecule is CCN(c1ccc(C(=O)CN2C(=O)NC(C)(c3ccccc3Br)C2=O)cc1)S(C)(=O)=O. The summed E-state index contributed by atoms with van der Waals surface area (Å²) in [5, 5.41) is 2.67. The Morgan fingerprint density at radius 2 is 1.74 bits per heavy atom. The number of halogens is 1. The van der Waals surface area contributed by atoms with Gasteiger partial charge in [-0.2, -0.15) is 0 Å². The molecule has 8 nitrogen and oxygen atoms in total. The zero-order chi connectivity index (χ0) is 23.0. The molecule has 31 heavy (non-hydrogen) atoms. The molecule has 1 saturated heterocycles. The molecular formula is C21H22BrN3O5S. The topological polar surface area (TPSA) is 104 Å². The van der Waals surface area contributed by atoms with Crippen LogP contribution < -0.4 is 9.62 Å². The van der Waals surface area contributed by atoms with Crippen LogP contribution in [-0.4, -0.2) is 50.4 Å². The first-order chi connectivity index (χ1) is 14.5. The quantitative estimate of drug-likeness (QED) is 0.458. The van der Waals surface area contributed by atoms with Crippen LogP contribution in [-0.2, 0) is 20.4 Å². The van der Waals surface area contributed by atoms with Crippen molar-refractivity contribution in [3.63, 3.8) is 0 Å². The van der Waals surface area contributed by atoms with E-state index < -0.39 is 39.8 Å². The molecule has 164 valence electrons. The summed E-state index contributed by atoms with van der Waals surface area (Å²) in [6.45, 7) is 3.13. The summed E-state index contributed by atoms with van der Waals surface area (Å²) < 4.78 is 25.6. The van der Waals surface area contributed by atoms with Crippen molar-refractivity contribution in [2.75, 3.05) is 23.7 Å². The number of ketones is 1. The number of urea groups is 1. The molecule has 2 aromatic rings. The van der Waals surface area contributed by atoms with E-state index in [2.05, 4.69) is 21.2 Å². The van der Waals surface area contributed by atoms with Gasteiger partial charge in [-0.3, -0.25) is 18.8 Å². The first-order valence-corrected chi connectivity index (χ1v) is 12.1. The van der Waals surface area contributed by atoms with E-state index in [1.807, 2.05) is 0 Å². The number of hydrogen-bond acceptors (Lipinski definition) is 5. The second-order valence-corrected chi connectivity index (χ2v) is 10.1. The van der Waals surface area contributed by atoms with Gasteiger partial charge in [0, 0.05) is 22.1 Å². The first-order valence-electron chi connectivity index (χ1n) is 9.49. The Balaban J connectivity index is 1.80. The molecule has 0 radical (unpaired) electrons. The van der Waals surface area contributed by atoms with Crippen molar-refractivity contribution in [1.29, 1.82) is 0 Å². The van der Waals surface area contributed by atoms with Gasteiger partial charge < -0.3 is 5.32 Å². The van der Waals surface area contributed by atoms with E-state index in [1.165, 1.54) is 28.6 Å². The molecule has 1 atom stereocenters.